The summed E-state index contributed by atoms with van der Waals surface area (Å²) in [6, 6.07) is 26.6. The molecule has 248 valence electrons. The minimum absolute atomic E-state index is 0.185. The van der Waals surface area contributed by atoms with Gasteiger partial charge in [0.15, 0.2) is 5.82 Å². The van der Waals surface area contributed by atoms with Gasteiger partial charge >= 0.3 is 0 Å². The van der Waals surface area contributed by atoms with Gasteiger partial charge in [0, 0.05) is 58.0 Å². The van der Waals surface area contributed by atoms with Gasteiger partial charge in [-0.15, -0.1) is 0 Å². The van der Waals surface area contributed by atoms with Crippen molar-refractivity contribution in [2.45, 2.75) is 38.3 Å². The van der Waals surface area contributed by atoms with Gasteiger partial charge in [0.05, 0.1) is 17.4 Å². The van der Waals surface area contributed by atoms with Gasteiger partial charge < -0.3 is 25.4 Å². The Labute approximate surface area is 296 Å². The Bertz CT molecular complexity index is 2100. The molecule has 0 bridgehead atoms. The van der Waals surface area contributed by atoms with E-state index < -0.39 is 0 Å². The molecule has 5 aromatic rings. The van der Waals surface area contributed by atoms with E-state index in [1.807, 2.05) is 49.5 Å². The molecule has 0 spiro atoms. The lowest BCUT2D eigenvalue weighted by Crippen LogP contribution is -2.41. The van der Waals surface area contributed by atoms with Gasteiger partial charge in [0.1, 0.15) is 5.69 Å². The minimum atomic E-state index is -0.224. The van der Waals surface area contributed by atoms with Crippen molar-refractivity contribution in [3.05, 3.63) is 135 Å². The topological polar surface area (TPSA) is 76.3 Å². The summed E-state index contributed by atoms with van der Waals surface area (Å²) < 4.78 is 0. The van der Waals surface area contributed by atoms with Gasteiger partial charge in [0.25, 0.3) is 5.91 Å². The number of halogens is 2. The third-order valence-electron chi connectivity index (χ3n) is 10.2. The molecular weight excluding hydrogens is 651 g/mol. The average Bonchev–Trinajstić information content (AvgIpc) is 3.41. The Kier molecular flexibility index (Phi) is 8.44. The first-order valence-electron chi connectivity index (χ1n) is 17.0. The van der Waals surface area contributed by atoms with Gasteiger partial charge in [-0.05, 0) is 90.9 Å². The highest BCUT2D eigenvalue weighted by molar-refractivity contribution is 6.32. The number of allylic oxidation sites excluding steroid dienone is 2. The van der Waals surface area contributed by atoms with Crippen molar-refractivity contribution < 1.29 is 4.79 Å². The van der Waals surface area contributed by atoms with Crippen molar-refractivity contribution in [2.75, 3.05) is 30.4 Å². The number of piperidine rings is 1. The van der Waals surface area contributed by atoms with Crippen LogP contribution in [-0.2, 0) is 0 Å². The summed E-state index contributed by atoms with van der Waals surface area (Å²) >= 11 is 13.2. The maximum atomic E-state index is 14.7. The van der Waals surface area contributed by atoms with Crippen LogP contribution in [0.4, 0.5) is 11.5 Å². The van der Waals surface area contributed by atoms with Crippen molar-refractivity contribution >= 4 is 62.8 Å². The van der Waals surface area contributed by atoms with Gasteiger partial charge in [-0.25, -0.2) is 4.98 Å². The molecule has 1 amide bonds. The summed E-state index contributed by atoms with van der Waals surface area (Å²) in [5, 5.41) is 8.95. The number of pyridine rings is 1. The fraction of sp³-hybridized carbons (Fsp3) is 0.250. The Morgan fingerprint density at radius 3 is 2.49 bits per heavy atom. The lowest BCUT2D eigenvalue weighted by atomic mass is 9.82. The van der Waals surface area contributed by atoms with E-state index in [0.717, 1.165) is 77.0 Å². The fourth-order valence-electron chi connectivity index (χ4n) is 7.86. The molecule has 3 N–H and O–H groups in total. The van der Waals surface area contributed by atoms with E-state index in [4.69, 9.17) is 28.2 Å². The molecule has 2 atom stereocenters. The lowest BCUT2D eigenvalue weighted by molar-refractivity contribution is 0.102. The number of carbonyl (C=O) groups excluding carboxylic acids is 1. The maximum absolute atomic E-state index is 14.7. The molecule has 49 heavy (non-hydrogen) atoms. The number of benzene rings is 3. The van der Waals surface area contributed by atoms with E-state index >= 15 is 0 Å². The number of aromatic nitrogens is 2. The summed E-state index contributed by atoms with van der Waals surface area (Å²) in [4.78, 5) is 27.6. The van der Waals surface area contributed by atoms with Crippen LogP contribution in [-0.4, -0.2) is 47.0 Å². The summed E-state index contributed by atoms with van der Waals surface area (Å²) in [5.74, 6) is 0.751. The molecule has 9 heteroatoms. The molecule has 1 saturated heterocycles. The van der Waals surface area contributed by atoms with Gasteiger partial charge in [0.2, 0.25) is 0 Å². The number of carbonyl (C=O) groups is 1. The molecule has 0 saturated carbocycles. The summed E-state index contributed by atoms with van der Waals surface area (Å²) in [6.07, 6.45) is 9.10. The third-order valence-corrected chi connectivity index (χ3v) is 10.7. The molecule has 8 rings (SSSR count). The number of nitrogens with zero attached hydrogens (tertiary/aromatic N) is 3. The number of fused-ring (bicyclic) bond motifs is 2. The van der Waals surface area contributed by atoms with Crippen molar-refractivity contribution in [2.24, 2.45) is 5.92 Å². The first-order chi connectivity index (χ1) is 23.9. The SMILES string of the molecule is CNC1CCN(c2ncccc2NC(=O)c2[nH]c3cc(Cl)cc4c3c2C2=C(c3ccccc3)C(C)CC=CN2C4c2ccc(Cl)cc2)CC1. The molecule has 2 aromatic heterocycles. The first-order valence-corrected chi connectivity index (χ1v) is 17.7. The largest absolute Gasteiger partial charge is 0.355 e. The van der Waals surface area contributed by atoms with Crippen molar-refractivity contribution in [1.82, 2.24) is 20.2 Å². The molecule has 7 nitrogen and oxygen atoms in total. The second-order valence-corrected chi connectivity index (χ2v) is 14.1. The standard InChI is InChI=1S/C40H38Cl2N6O/c1-24-8-7-19-48-37(26-12-14-27(41)15-13-26)30-22-28(42)23-32-34(30)35(38(48)33(24)25-9-4-3-5-10-25)36(45-32)40(49)46-31-11-6-18-44-39(31)47-20-16-29(43-2)17-21-47/h3-7,9-15,18-19,22-24,29,37,43,45H,8,16-17,20-21H2,1-2H3,(H,46,49). The summed E-state index contributed by atoms with van der Waals surface area (Å²) in [5.41, 5.74) is 8.33. The molecule has 2 unspecified atom stereocenters. The van der Waals surface area contributed by atoms with Crippen LogP contribution in [0.1, 0.15) is 65.0 Å². The van der Waals surface area contributed by atoms with Gasteiger partial charge in [-0.2, -0.15) is 0 Å². The van der Waals surface area contributed by atoms with Crippen LogP contribution in [0, 0.1) is 5.92 Å². The zero-order chi connectivity index (χ0) is 33.6. The monoisotopic (exact) mass is 688 g/mol. The van der Waals surface area contributed by atoms with E-state index in [0.29, 0.717) is 27.5 Å². The second-order valence-electron chi connectivity index (χ2n) is 13.2. The number of amides is 1. The minimum Gasteiger partial charge on any atom is -0.355 e. The molecule has 0 aliphatic carbocycles. The fourth-order valence-corrected chi connectivity index (χ4v) is 8.21. The Morgan fingerprint density at radius 2 is 1.73 bits per heavy atom. The normalized spacial score (nSPS) is 19.3. The van der Waals surface area contributed by atoms with Crippen LogP contribution in [0.5, 0.6) is 0 Å². The molecule has 1 fully saturated rings. The molecular formula is C40H38Cl2N6O. The smallest absolute Gasteiger partial charge is 0.272 e. The summed E-state index contributed by atoms with van der Waals surface area (Å²) in [6.45, 7) is 3.99. The maximum Gasteiger partial charge on any atom is 0.272 e. The van der Waals surface area contributed by atoms with Crippen molar-refractivity contribution in [3.63, 3.8) is 0 Å². The van der Waals surface area contributed by atoms with E-state index in [9.17, 15) is 4.79 Å². The number of nitrogens with one attached hydrogen (secondary N) is 3. The average molecular weight is 690 g/mol. The quantitative estimate of drug-likeness (QED) is 0.166. The number of hydrogen-bond acceptors (Lipinski definition) is 5. The molecule has 3 aliphatic heterocycles. The molecule has 5 heterocycles. The molecule has 3 aliphatic rings. The van der Waals surface area contributed by atoms with Crippen molar-refractivity contribution in [3.8, 4) is 0 Å². The van der Waals surface area contributed by atoms with Crippen LogP contribution >= 0.6 is 23.2 Å². The lowest BCUT2D eigenvalue weighted by Gasteiger charge is -2.39. The Balaban J connectivity index is 1.34. The Morgan fingerprint density at radius 1 is 0.959 bits per heavy atom. The summed E-state index contributed by atoms with van der Waals surface area (Å²) in [7, 11) is 2.01. The van der Waals surface area contributed by atoms with Crippen LogP contribution in [0.25, 0.3) is 22.2 Å². The van der Waals surface area contributed by atoms with Gasteiger partial charge in [-0.3, -0.25) is 4.79 Å². The van der Waals surface area contributed by atoms with Crippen molar-refractivity contribution in [1.29, 1.82) is 0 Å². The highest BCUT2D eigenvalue weighted by Gasteiger charge is 2.40. The van der Waals surface area contributed by atoms with E-state index in [1.165, 1.54) is 5.57 Å². The number of aromatic amines is 1. The number of anilines is 2. The predicted octanol–water partition coefficient (Wildman–Crippen LogP) is 9.14. The zero-order valence-electron chi connectivity index (χ0n) is 27.5. The zero-order valence-corrected chi connectivity index (χ0v) is 29.0. The predicted molar refractivity (Wildman–Crippen MR) is 201 cm³/mol. The molecule has 3 aromatic carbocycles. The Hall–Kier alpha value is -4.56. The number of hydrogen-bond donors (Lipinski definition) is 3. The second kappa shape index (κ2) is 13.0. The van der Waals surface area contributed by atoms with Gasteiger partial charge in [-0.1, -0.05) is 78.7 Å². The molecule has 0 radical (unpaired) electrons. The van der Waals surface area contributed by atoms with E-state index in [2.05, 4.69) is 81.0 Å². The van der Waals surface area contributed by atoms with E-state index in [1.54, 1.807) is 6.20 Å². The van der Waals surface area contributed by atoms with Crippen LogP contribution in [0.2, 0.25) is 10.0 Å². The third kappa shape index (κ3) is 5.70. The van der Waals surface area contributed by atoms with Crippen LogP contribution in [0.3, 0.4) is 0 Å². The highest BCUT2D eigenvalue weighted by Crippen LogP contribution is 2.53. The van der Waals surface area contributed by atoms with E-state index in [-0.39, 0.29) is 17.9 Å². The highest BCUT2D eigenvalue weighted by atomic mass is 35.5. The van der Waals surface area contributed by atoms with Crippen LogP contribution < -0.4 is 15.5 Å². The number of rotatable bonds is 6. The first kappa shape index (κ1) is 31.7. The van der Waals surface area contributed by atoms with Crippen LogP contribution in [0.15, 0.2) is 97.3 Å². The number of H-pyrrole nitrogens is 1.